The van der Waals surface area contributed by atoms with Crippen LogP contribution in [-0.4, -0.2) is 20.6 Å². The Morgan fingerprint density at radius 3 is 2.43 bits per heavy atom. The SMILES string of the molecule is N#C/C(=C\c1cn(-c2ccccc2)nc1-c1ccc(Cl)cc1)C(=O)Nc1ccc([N+](=O)[O-])cc1Cl. The maximum Gasteiger partial charge on any atom is 0.271 e. The molecule has 1 aromatic heterocycles. The van der Waals surface area contributed by atoms with Crippen molar-refractivity contribution in [2.75, 3.05) is 5.32 Å². The number of hydrogen-bond acceptors (Lipinski definition) is 5. The molecule has 1 N–H and O–H groups in total. The monoisotopic (exact) mass is 503 g/mol. The second-order valence-electron chi connectivity index (χ2n) is 7.27. The minimum atomic E-state index is -0.724. The van der Waals surface area contributed by atoms with Gasteiger partial charge in [0.15, 0.2) is 0 Å². The fourth-order valence-corrected chi connectivity index (χ4v) is 3.60. The van der Waals surface area contributed by atoms with Crippen molar-refractivity contribution in [3.63, 3.8) is 0 Å². The molecule has 0 saturated heterocycles. The van der Waals surface area contributed by atoms with E-state index in [1.54, 1.807) is 35.1 Å². The maximum absolute atomic E-state index is 12.8. The highest BCUT2D eigenvalue weighted by molar-refractivity contribution is 6.34. The van der Waals surface area contributed by atoms with Crippen molar-refractivity contribution in [3.05, 3.63) is 110 Å². The van der Waals surface area contributed by atoms with E-state index in [1.807, 2.05) is 36.4 Å². The van der Waals surface area contributed by atoms with Crippen molar-refractivity contribution in [3.8, 4) is 23.0 Å². The molecule has 0 atom stereocenters. The number of amides is 1. The third kappa shape index (κ3) is 5.38. The van der Waals surface area contributed by atoms with E-state index in [0.29, 0.717) is 16.3 Å². The summed E-state index contributed by atoms with van der Waals surface area (Å²) in [6.45, 7) is 0. The molecular weight excluding hydrogens is 489 g/mol. The lowest BCUT2D eigenvalue weighted by Gasteiger charge is -2.06. The number of anilines is 1. The molecule has 1 heterocycles. The molecule has 3 aromatic carbocycles. The lowest BCUT2D eigenvalue weighted by molar-refractivity contribution is -0.384. The molecule has 8 nitrogen and oxygen atoms in total. The molecule has 0 aliphatic rings. The topological polar surface area (TPSA) is 114 Å². The van der Waals surface area contributed by atoms with Crippen LogP contribution in [-0.2, 0) is 4.79 Å². The van der Waals surface area contributed by atoms with Crippen LogP contribution in [0.5, 0.6) is 0 Å². The predicted octanol–water partition coefficient (Wildman–Crippen LogP) is 6.30. The first-order valence-corrected chi connectivity index (χ1v) is 10.9. The highest BCUT2D eigenvalue weighted by Crippen LogP contribution is 2.29. The molecule has 4 aromatic rings. The van der Waals surface area contributed by atoms with Crippen molar-refractivity contribution in [2.45, 2.75) is 0 Å². The van der Waals surface area contributed by atoms with E-state index >= 15 is 0 Å². The van der Waals surface area contributed by atoms with Crippen LogP contribution in [0.1, 0.15) is 5.56 Å². The molecule has 0 bridgehead atoms. The van der Waals surface area contributed by atoms with Gasteiger partial charge >= 0.3 is 0 Å². The van der Waals surface area contributed by atoms with Crippen molar-refractivity contribution in [1.82, 2.24) is 9.78 Å². The number of non-ortho nitro benzene ring substituents is 1. The fourth-order valence-electron chi connectivity index (χ4n) is 3.25. The number of aromatic nitrogens is 2. The summed E-state index contributed by atoms with van der Waals surface area (Å²) in [5.74, 6) is -0.724. The van der Waals surface area contributed by atoms with Crippen molar-refractivity contribution in [2.24, 2.45) is 0 Å². The van der Waals surface area contributed by atoms with Crippen LogP contribution < -0.4 is 5.32 Å². The van der Waals surface area contributed by atoms with Crippen LogP contribution in [0.2, 0.25) is 10.0 Å². The lowest BCUT2D eigenvalue weighted by atomic mass is 10.1. The normalized spacial score (nSPS) is 11.1. The van der Waals surface area contributed by atoms with Crippen LogP contribution in [0.3, 0.4) is 0 Å². The van der Waals surface area contributed by atoms with Gasteiger partial charge in [-0.2, -0.15) is 10.4 Å². The average Bonchev–Trinajstić information content (AvgIpc) is 3.28. The highest BCUT2D eigenvalue weighted by Gasteiger charge is 2.17. The van der Waals surface area contributed by atoms with E-state index in [9.17, 15) is 20.2 Å². The number of nitriles is 1. The predicted molar refractivity (Wildman–Crippen MR) is 134 cm³/mol. The van der Waals surface area contributed by atoms with Gasteiger partial charge in [0.25, 0.3) is 11.6 Å². The van der Waals surface area contributed by atoms with Crippen LogP contribution in [0.4, 0.5) is 11.4 Å². The molecule has 4 rings (SSSR count). The number of nitrogens with zero attached hydrogens (tertiary/aromatic N) is 4. The number of nitrogens with one attached hydrogen (secondary N) is 1. The summed E-state index contributed by atoms with van der Waals surface area (Å²) in [7, 11) is 0. The molecule has 0 aliphatic carbocycles. The highest BCUT2D eigenvalue weighted by atomic mass is 35.5. The Labute approximate surface area is 209 Å². The summed E-state index contributed by atoms with van der Waals surface area (Å²) in [6, 6.07) is 21.9. The Balaban J connectivity index is 1.72. The van der Waals surface area contributed by atoms with E-state index in [1.165, 1.54) is 18.2 Å². The zero-order valence-corrected chi connectivity index (χ0v) is 19.4. The number of carbonyl (C=O) groups excluding carboxylic acids is 1. The van der Waals surface area contributed by atoms with Gasteiger partial charge in [-0.3, -0.25) is 14.9 Å². The van der Waals surface area contributed by atoms with Gasteiger partial charge in [0, 0.05) is 34.5 Å². The number of halogens is 2. The molecule has 10 heteroatoms. The van der Waals surface area contributed by atoms with Gasteiger partial charge in [0.1, 0.15) is 11.6 Å². The summed E-state index contributed by atoms with van der Waals surface area (Å²) in [5, 5.41) is 28.3. The molecule has 0 unspecified atom stereocenters. The smallest absolute Gasteiger partial charge is 0.271 e. The fraction of sp³-hybridized carbons (Fsp3) is 0. The van der Waals surface area contributed by atoms with E-state index in [2.05, 4.69) is 10.4 Å². The van der Waals surface area contributed by atoms with Crippen LogP contribution in [0.15, 0.2) is 84.6 Å². The molecule has 0 radical (unpaired) electrons. The van der Waals surface area contributed by atoms with Gasteiger partial charge < -0.3 is 5.32 Å². The van der Waals surface area contributed by atoms with E-state index in [-0.39, 0.29) is 22.0 Å². The largest absolute Gasteiger partial charge is 0.320 e. The first-order valence-electron chi connectivity index (χ1n) is 10.1. The van der Waals surface area contributed by atoms with Gasteiger partial charge in [-0.1, -0.05) is 53.5 Å². The van der Waals surface area contributed by atoms with Gasteiger partial charge in [0.2, 0.25) is 0 Å². The van der Waals surface area contributed by atoms with Crippen molar-refractivity contribution in [1.29, 1.82) is 5.26 Å². The summed E-state index contributed by atoms with van der Waals surface area (Å²) in [6.07, 6.45) is 3.13. The van der Waals surface area contributed by atoms with E-state index < -0.39 is 10.8 Å². The zero-order chi connectivity index (χ0) is 24.9. The van der Waals surface area contributed by atoms with E-state index in [4.69, 9.17) is 23.2 Å². The number of rotatable bonds is 6. The summed E-state index contributed by atoms with van der Waals surface area (Å²) >= 11 is 12.1. The Kier molecular flexibility index (Phi) is 6.92. The second-order valence-corrected chi connectivity index (χ2v) is 8.11. The molecule has 0 saturated carbocycles. The average molecular weight is 504 g/mol. The number of para-hydroxylation sites is 1. The van der Waals surface area contributed by atoms with Crippen LogP contribution in [0.25, 0.3) is 23.0 Å². The molecule has 35 heavy (non-hydrogen) atoms. The number of nitro groups is 1. The van der Waals surface area contributed by atoms with Crippen molar-refractivity contribution >= 4 is 46.6 Å². The minimum absolute atomic E-state index is 0.0245. The van der Waals surface area contributed by atoms with Gasteiger partial charge in [-0.05, 0) is 36.4 Å². The summed E-state index contributed by atoms with van der Waals surface area (Å²) < 4.78 is 1.65. The van der Waals surface area contributed by atoms with Gasteiger partial charge in [-0.15, -0.1) is 0 Å². The quantitative estimate of drug-likeness (QED) is 0.143. The Morgan fingerprint density at radius 2 is 1.80 bits per heavy atom. The number of benzene rings is 3. The third-order valence-electron chi connectivity index (χ3n) is 4.96. The van der Waals surface area contributed by atoms with Crippen molar-refractivity contribution < 1.29 is 9.72 Å². The molecule has 1 amide bonds. The van der Waals surface area contributed by atoms with Crippen LogP contribution in [0, 0.1) is 21.4 Å². The summed E-state index contributed by atoms with van der Waals surface area (Å²) in [4.78, 5) is 23.2. The molecule has 0 fully saturated rings. The zero-order valence-electron chi connectivity index (χ0n) is 17.9. The van der Waals surface area contributed by atoms with Gasteiger partial charge in [-0.25, -0.2) is 4.68 Å². The number of nitro benzene ring substituents is 1. The van der Waals surface area contributed by atoms with E-state index in [0.717, 1.165) is 17.3 Å². The Bertz CT molecular complexity index is 1490. The summed E-state index contributed by atoms with van der Waals surface area (Å²) in [5.41, 5.74) is 2.32. The first-order chi connectivity index (χ1) is 16.9. The number of carbonyl (C=O) groups is 1. The molecular formula is C25H15Cl2N5O3. The molecule has 0 aliphatic heterocycles. The maximum atomic E-state index is 12.8. The number of hydrogen-bond donors (Lipinski definition) is 1. The first kappa shape index (κ1) is 23.7. The Hall–Kier alpha value is -4.45. The van der Waals surface area contributed by atoms with Gasteiger partial charge in [0.05, 0.1) is 27.0 Å². The van der Waals surface area contributed by atoms with Crippen LogP contribution >= 0.6 is 23.2 Å². The lowest BCUT2D eigenvalue weighted by Crippen LogP contribution is -2.13. The molecule has 0 spiro atoms. The standard InChI is InChI=1S/C25H15Cl2N5O3/c26-19-8-6-16(7-9-19)24-18(15-31(30-24)20-4-2-1-3-5-20)12-17(14-28)25(33)29-23-11-10-21(32(34)35)13-22(23)27/h1-13,15H,(H,29,33)/b17-12+. The minimum Gasteiger partial charge on any atom is -0.320 e. The Morgan fingerprint density at radius 1 is 1.09 bits per heavy atom. The molecule has 172 valence electrons. The second kappa shape index (κ2) is 10.2. The third-order valence-corrected chi connectivity index (χ3v) is 5.52.